The van der Waals surface area contributed by atoms with Crippen LogP contribution in [0.15, 0.2) is 48.5 Å². The highest BCUT2D eigenvalue weighted by atomic mass is 16.4. The molecule has 1 aromatic heterocycles. The molecule has 2 heterocycles. The molecule has 3 aromatic rings. The Morgan fingerprint density at radius 1 is 1.15 bits per heavy atom. The third-order valence-corrected chi connectivity index (χ3v) is 5.31. The van der Waals surface area contributed by atoms with E-state index in [1.165, 1.54) is 0 Å². The third-order valence-electron chi connectivity index (χ3n) is 5.31. The topological polar surface area (TPSA) is 75.4 Å². The number of rotatable bonds is 4. The normalized spacial score (nSPS) is 19.3. The summed E-state index contributed by atoms with van der Waals surface area (Å²) in [6.07, 6.45) is -0.261. The van der Waals surface area contributed by atoms with E-state index in [0.717, 1.165) is 28.0 Å². The standard InChI is InChI=1S/C21H21N3O3/c1-13-7-3-4-8-15(13)12-23-14(2)20-22-16-9-5-6-10-17(16)24(20)18(21(23)27)11-19(25)26/h3-10,14,18H,11-12H2,1-2H3,(H,25,26). The van der Waals surface area contributed by atoms with Crippen LogP contribution in [-0.4, -0.2) is 31.4 Å². The van der Waals surface area contributed by atoms with E-state index in [2.05, 4.69) is 0 Å². The van der Waals surface area contributed by atoms with Crippen molar-refractivity contribution in [2.45, 2.75) is 38.9 Å². The molecule has 27 heavy (non-hydrogen) atoms. The molecule has 1 aliphatic rings. The van der Waals surface area contributed by atoms with E-state index in [1.54, 1.807) is 4.90 Å². The second kappa shape index (κ2) is 6.54. The van der Waals surface area contributed by atoms with Gasteiger partial charge >= 0.3 is 5.97 Å². The number of para-hydroxylation sites is 2. The number of carboxylic acid groups (broad SMARTS) is 1. The second-order valence-electron chi connectivity index (χ2n) is 7.01. The number of aromatic nitrogens is 2. The lowest BCUT2D eigenvalue weighted by Crippen LogP contribution is -2.45. The quantitative estimate of drug-likeness (QED) is 0.770. The van der Waals surface area contributed by atoms with Gasteiger partial charge in [-0.25, -0.2) is 4.98 Å². The number of carbonyl (C=O) groups is 2. The van der Waals surface area contributed by atoms with Gasteiger partial charge in [-0.15, -0.1) is 0 Å². The molecule has 1 amide bonds. The zero-order valence-electron chi connectivity index (χ0n) is 15.3. The summed E-state index contributed by atoms with van der Waals surface area (Å²) in [5, 5.41) is 9.40. The Morgan fingerprint density at radius 3 is 2.59 bits per heavy atom. The maximum atomic E-state index is 13.3. The van der Waals surface area contributed by atoms with Crippen molar-refractivity contribution in [1.82, 2.24) is 14.5 Å². The van der Waals surface area contributed by atoms with Gasteiger partial charge in [0.25, 0.3) is 0 Å². The van der Waals surface area contributed by atoms with Crippen molar-refractivity contribution in [3.05, 3.63) is 65.5 Å². The predicted octanol–water partition coefficient (Wildman–Crippen LogP) is 3.46. The number of hydrogen-bond acceptors (Lipinski definition) is 3. The van der Waals surface area contributed by atoms with Crippen LogP contribution in [0.3, 0.4) is 0 Å². The minimum Gasteiger partial charge on any atom is -0.481 e. The number of carboxylic acids is 1. The predicted molar refractivity (Wildman–Crippen MR) is 101 cm³/mol. The number of hydrogen-bond donors (Lipinski definition) is 1. The first-order valence-corrected chi connectivity index (χ1v) is 9.01. The van der Waals surface area contributed by atoms with E-state index in [4.69, 9.17) is 4.98 Å². The zero-order chi connectivity index (χ0) is 19.1. The highest BCUT2D eigenvalue weighted by Gasteiger charge is 2.40. The smallest absolute Gasteiger partial charge is 0.306 e. The van der Waals surface area contributed by atoms with Gasteiger partial charge in [-0.3, -0.25) is 9.59 Å². The first kappa shape index (κ1) is 17.3. The molecule has 6 nitrogen and oxygen atoms in total. The largest absolute Gasteiger partial charge is 0.481 e. The van der Waals surface area contributed by atoms with Crippen molar-refractivity contribution in [1.29, 1.82) is 0 Å². The number of aryl methyl sites for hydroxylation is 1. The van der Waals surface area contributed by atoms with E-state index in [-0.39, 0.29) is 18.4 Å². The van der Waals surface area contributed by atoms with Gasteiger partial charge in [0.1, 0.15) is 11.9 Å². The van der Waals surface area contributed by atoms with Crippen LogP contribution in [0.4, 0.5) is 0 Å². The maximum absolute atomic E-state index is 13.3. The lowest BCUT2D eigenvalue weighted by Gasteiger charge is -2.38. The van der Waals surface area contributed by atoms with Crippen molar-refractivity contribution in [3.63, 3.8) is 0 Å². The summed E-state index contributed by atoms with van der Waals surface area (Å²) in [4.78, 5) is 31.2. The third kappa shape index (κ3) is 2.87. The molecule has 2 atom stereocenters. The molecule has 0 fully saturated rings. The summed E-state index contributed by atoms with van der Waals surface area (Å²) in [5.74, 6) is -0.443. The summed E-state index contributed by atoms with van der Waals surface area (Å²) in [6, 6.07) is 14.4. The average molecular weight is 363 g/mol. The molecular weight excluding hydrogens is 342 g/mol. The maximum Gasteiger partial charge on any atom is 0.306 e. The van der Waals surface area contributed by atoms with E-state index < -0.39 is 12.0 Å². The minimum absolute atomic E-state index is 0.177. The number of benzene rings is 2. The fourth-order valence-electron chi connectivity index (χ4n) is 3.85. The van der Waals surface area contributed by atoms with Crippen LogP contribution in [0.2, 0.25) is 0 Å². The first-order valence-electron chi connectivity index (χ1n) is 9.01. The molecule has 1 N–H and O–H groups in total. The van der Waals surface area contributed by atoms with Crippen molar-refractivity contribution >= 4 is 22.9 Å². The van der Waals surface area contributed by atoms with E-state index >= 15 is 0 Å². The fourth-order valence-corrected chi connectivity index (χ4v) is 3.85. The van der Waals surface area contributed by atoms with Crippen molar-refractivity contribution in [3.8, 4) is 0 Å². The number of nitrogens with zero attached hydrogens (tertiary/aromatic N) is 3. The Labute approximate surface area is 157 Å². The first-order chi connectivity index (χ1) is 13.0. The van der Waals surface area contributed by atoms with Crippen molar-refractivity contribution in [2.75, 3.05) is 0 Å². The van der Waals surface area contributed by atoms with E-state index in [1.807, 2.05) is 66.9 Å². The highest BCUT2D eigenvalue weighted by molar-refractivity contribution is 5.89. The van der Waals surface area contributed by atoms with Crippen LogP contribution >= 0.6 is 0 Å². The molecule has 0 bridgehead atoms. The monoisotopic (exact) mass is 363 g/mol. The Hall–Kier alpha value is -3.15. The SMILES string of the molecule is Cc1ccccc1CN1C(=O)C(CC(=O)O)n2c(nc3ccccc32)C1C. The molecule has 0 saturated carbocycles. The molecule has 1 aliphatic heterocycles. The van der Waals surface area contributed by atoms with Gasteiger partial charge in [0.05, 0.1) is 23.5 Å². The molecule has 0 saturated heterocycles. The lowest BCUT2D eigenvalue weighted by atomic mass is 10.0. The Morgan fingerprint density at radius 2 is 1.85 bits per heavy atom. The zero-order valence-corrected chi connectivity index (χ0v) is 15.3. The Bertz CT molecular complexity index is 1040. The van der Waals surface area contributed by atoms with Crippen LogP contribution < -0.4 is 0 Å². The fraction of sp³-hybridized carbons (Fsp3) is 0.286. The van der Waals surface area contributed by atoms with Crippen LogP contribution in [-0.2, 0) is 16.1 Å². The van der Waals surface area contributed by atoms with Gasteiger partial charge in [-0.05, 0) is 37.1 Å². The molecule has 138 valence electrons. The van der Waals surface area contributed by atoms with Crippen LogP contribution in [0.25, 0.3) is 11.0 Å². The Balaban J connectivity index is 1.83. The Kier molecular flexibility index (Phi) is 4.18. The summed E-state index contributed by atoms with van der Waals surface area (Å²) in [6.45, 7) is 4.40. The van der Waals surface area contributed by atoms with Gasteiger partial charge in [0, 0.05) is 6.54 Å². The molecule has 0 spiro atoms. The highest BCUT2D eigenvalue weighted by Crippen LogP contribution is 2.37. The van der Waals surface area contributed by atoms with Crippen molar-refractivity contribution < 1.29 is 14.7 Å². The van der Waals surface area contributed by atoms with Gasteiger partial charge in [-0.1, -0.05) is 36.4 Å². The van der Waals surface area contributed by atoms with Crippen LogP contribution in [0.5, 0.6) is 0 Å². The molecule has 0 aliphatic carbocycles. The molecule has 4 rings (SSSR count). The van der Waals surface area contributed by atoms with Gasteiger partial charge < -0.3 is 14.6 Å². The average Bonchev–Trinajstić information content (AvgIpc) is 3.03. The summed E-state index contributed by atoms with van der Waals surface area (Å²) in [5.41, 5.74) is 3.73. The lowest BCUT2D eigenvalue weighted by molar-refractivity contribution is -0.147. The molecule has 0 radical (unpaired) electrons. The van der Waals surface area contributed by atoms with Crippen molar-refractivity contribution in [2.24, 2.45) is 0 Å². The van der Waals surface area contributed by atoms with Gasteiger partial charge in [0.15, 0.2) is 0 Å². The number of fused-ring (bicyclic) bond motifs is 3. The minimum atomic E-state index is -0.998. The molecule has 6 heteroatoms. The number of imidazole rings is 1. The van der Waals surface area contributed by atoms with Gasteiger partial charge in [0.2, 0.25) is 5.91 Å². The summed E-state index contributed by atoms with van der Waals surface area (Å²) < 4.78 is 1.81. The number of aliphatic carboxylic acids is 1. The van der Waals surface area contributed by atoms with Gasteiger partial charge in [-0.2, -0.15) is 0 Å². The van der Waals surface area contributed by atoms with E-state index in [9.17, 15) is 14.7 Å². The molecule has 2 unspecified atom stereocenters. The number of amides is 1. The molecular formula is C21H21N3O3. The molecule has 2 aromatic carbocycles. The summed E-state index contributed by atoms with van der Waals surface area (Å²) >= 11 is 0. The van der Waals surface area contributed by atoms with E-state index in [0.29, 0.717) is 6.54 Å². The summed E-state index contributed by atoms with van der Waals surface area (Å²) in [7, 11) is 0. The van der Waals surface area contributed by atoms with Crippen LogP contribution in [0.1, 0.15) is 42.4 Å². The number of carbonyl (C=O) groups excluding carboxylic acids is 1. The second-order valence-corrected chi connectivity index (χ2v) is 7.01. The van der Waals surface area contributed by atoms with Crippen LogP contribution in [0, 0.1) is 6.92 Å².